The second-order valence-corrected chi connectivity index (χ2v) is 4.60. The van der Waals surface area contributed by atoms with Crippen LogP contribution in [0.2, 0.25) is 0 Å². The second-order valence-electron chi connectivity index (χ2n) is 4.60. The molecule has 2 rings (SSSR count). The van der Waals surface area contributed by atoms with E-state index in [1.54, 1.807) is 19.1 Å². The molecule has 1 aromatic rings. The average molecular weight is 233 g/mol. The van der Waals surface area contributed by atoms with Crippen molar-refractivity contribution >= 4 is 11.9 Å². The van der Waals surface area contributed by atoms with E-state index in [2.05, 4.69) is 5.32 Å². The summed E-state index contributed by atoms with van der Waals surface area (Å²) in [5, 5.41) is 11.9. The highest BCUT2D eigenvalue weighted by atomic mass is 16.4. The maximum absolute atomic E-state index is 11.1. The van der Waals surface area contributed by atoms with E-state index in [0.717, 1.165) is 24.0 Å². The number of rotatable bonds is 3. The first-order valence-corrected chi connectivity index (χ1v) is 5.58. The van der Waals surface area contributed by atoms with E-state index in [1.807, 2.05) is 6.07 Å². The number of carboxylic acid groups (broad SMARTS) is 1. The Morgan fingerprint density at radius 3 is 2.41 bits per heavy atom. The van der Waals surface area contributed by atoms with Crippen LogP contribution in [0.5, 0.6) is 0 Å². The highest BCUT2D eigenvalue weighted by Crippen LogP contribution is 2.45. The summed E-state index contributed by atoms with van der Waals surface area (Å²) in [6.45, 7) is 3.27. The summed E-state index contributed by atoms with van der Waals surface area (Å²) in [7, 11) is 0. The SMILES string of the molecule is CC(=O)NC1(c2ccc(C(=O)O)c(C)c2)CC1. The van der Waals surface area contributed by atoms with Gasteiger partial charge in [-0.25, -0.2) is 4.79 Å². The predicted octanol–water partition coefficient (Wildman–Crippen LogP) is 1.82. The Morgan fingerprint density at radius 2 is 2.00 bits per heavy atom. The normalized spacial score (nSPS) is 16.4. The van der Waals surface area contributed by atoms with Crippen molar-refractivity contribution in [3.8, 4) is 0 Å². The van der Waals surface area contributed by atoms with E-state index in [-0.39, 0.29) is 11.4 Å². The van der Waals surface area contributed by atoms with Gasteiger partial charge in [0, 0.05) is 6.92 Å². The minimum absolute atomic E-state index is 0.0533. The molecule has 1 aliphatic rings. The molecule has 1 saturated carbocycles. The van der Waals surface area contributed by atoms with Crippen LogP contribution in [0.25, 0.3) is 0 Å². The molecule has 1 fully saturated rings. The molecule has 4 nitrogen and oxygen atoms in total. The predicted molar refractivity (Wildman–Crippen MR) is 62.9 cm³/mol. The van der Waals surface area contributed by atoms with E-state index in [1.165, 1.54) is 6.92 Å². The molecule has 0 radical (unpaired) electrons. The highest BCUT2D eigenvalue weighted by Gasteiger charge is 2.45. The lowest BCUT2D eigenvalue weighted by Gasteiger charge is -2.17. The third-order valence-electron chi connectivity index (χ3n) is 3.17. The maximum Gasteiger partial charge on any atom is 0.335 e. The highest BCUT2D eigenvalue weighted by molar-refractivity contribution is 5.89. The number of nitrogens with one attached hydrogen (secondary N) is 1. The first-order valence-electron chi connectivity index (χ1n) is 5.58. The number of carbonyl (C=O) groups is 2. The number of carbonyl (C=O) groups excluding carboxylic acids is 1. The molecule has 0 unspecified atom stereocenters. The van der Waals surface area contributed by atoms with E-state index in [4.69, 9.17) is 5.11 Å². The van der Waals surface area contributed by atoms with Crippen molar-refractivity contribution in [2.24, 2.45) is 0 Å². The molecule has 0 aliphatic heterocycles. The average Bonchev–Trinajstić information content (AvgIpc) is 2.97. The molecule has 0 saturated heterocycles. The van der Waals surface area contributed by atoms with Gasteiger partial charge in [0.05, 0.1) is 11.1 Å². The fraction of sp³-hybridized carbons (Fsp3) is 0.385. The van der Waals surface area contributed by atoms with Crippen LogP contribution in [-0.2, 0) is 10.3 Å². The standard InChI is InChI=1S/C13H15NO3/c1-8-7-10(3-4-11(8)12(16)17)13(5-6-13)14-9(2)15/h3-4,7H,5-6H2,1-2H3,(H,14,15)(H,16,17). The molecular formula is C13H15NO3. The minimum atomic E-state index is -0.918. The van der Waals surface area contributed by atoms with Gasteiger partial charge in [-0.05, 0) is 37.0 Å². The third-order valence-corrected chi connectivity index (χ3v) is 3.17. The Hall–Kier alpha value is -1.84. The Morgan fingerprint density at radius 1 is 1.35 bits per heavy atom. The Kier molecular flexibility index (Phi) is 2.65. The zero-order valence-corrected chi connectivity index (χ0v) is 9.91. The molecule has 1 aromatic carbocycles. The van der Waals surface area contributed by atoms with Crippen LogP contribution in [0.3, 0.4) is 0 Å². The van der Waals surface area contributed by atoms with Gasteiger partial charge in [0.2, 0.25) is 5.91 Å². The smallest absolute Gasteiger partial charge is 0.335 e. The van der Waals surface area contributed by atoms with Gasteiger partial charge in [0.15, 0.2) is 0 Å². The summed E-state index contributed by atoms with van der Waals surface area (Å²) in [6.07, 6.45) is 1.83. The monoisotopic (exact) mass is 233 g/mol. The molecule has 17 heavy (non-hydrogen) atoms. The van der Waals surface area contributed by atoms with Crippen LogP contribution in [0.4, 0.5) is 0 Å². The maximum atomic E-state index is 11.1. The number of benzene rings is 1. The molecule has 0 aromatic heterocycles. The van der Waals surface area contributed by atoms with Crippen LogP contribution in [0, 0.1) is 6.92 Å². The lowest BCUT2D eigenvalue weighted by molar-refractivity contribution is -0.120. The van der Waals surface area contributed by atoms with Crippen molar-refractivity contribution < 1.29 is 14.7 Å². The van der Waals surface area contributed by atoms with Crippen molar-refractivity contribution in [2.45, 2.75) is 32.2 Å². The largest absolute Gasteiger partial charge is 0.478 e. The van der Waals surface area contributed by atoms with Gasteiger partial charge >= 0.3 is 5.97 Å². The van der Waals surface area contributed by atoms with E-state index < -0.39 is 5.97 Å². The van der Waals surface area contributed by atoms with Crippen molar-refractivity contribution in [1.82, 2.24) is 5.32 Å². The molecule has 2 N–H and O–H groups in total. The fourth-order valence-corrected chi connectivity index (χ4v) is 2.15. The van der Waals surface area contributed by atoms with Crippen LogP contribution >= 0.6 is 0 Å². The molecule has 90 valence electrons. The van der Waals surface area contributed by atoms with Gasteiger partial charge in [-0.1, -0.05) is 12.1 Å². The van der Waals surface area contributed by atoms with Gasteiger partial charge in [-0.2, -0.15) is 0 Å². The van der Waals surface area contributed by atoms with Crippen LogP contribution in [0.15, 0.2) is 18.2 Å². The molecule has 0 heterocycles. The Labute approximate surface area is 99.6 Å². The fourth-order valence-electron chi connectivity index (χ4n) is 2.15. The zero-order chi connectivity index (χ0) is 12.6. The van der Waals surface area contributed by atoms with E-state index in [0.29, 0.717) is 5.56 Å². The summed E-state index contributed by atoms with van der Waals surface area (Å²) in [5.41, 5.74) is 1.78. The molecule has 1 aliphatic carbocycles. The van der Waals surface area contributed by atoms with Crippen molar-refractivity contribution in [3.63, 3.8) is 0 Å². The van der Waals surface area contributed by atoms with Gasteiger partial charge < -0.3 is 10.4 Å². The number of aryl methyl sites for hydroxylation is 1. The van der Waals surface area contributed by atoms with Crippen LogP contribution in [-0.4, -0.2) is 17.0 Å². The molecule has 1 amide bonds. The number of amides is 1. The van der Waals surface area contributed by atoms with E-state index >= 15 is 0 Å². The second kappa shape index (κ2) is 3.87. The van der Waals surface area contributed by atoms with Gasteiger partial charge in [0.25, 0.3) is 0 Å². The van der Waals surface area contributed by atoms with Gasteiger partial charge in [0.1, 0.15) is 0 Å². The first kappa shape index (κ1) is 11.6. The summed E-state index contributed by atoms with van der Waals surface area (Å²) in [5.74, 6) is -0.971. The van der Waals surface area contributed by atoms with Crippen LogP contribution in [0.1, 0.15) is 41.3 Å². The summed E-state index contributed by atoms with van der Waals surface area (Å²) >= 11 is 0. The zero-order valence-electron chi connectivity index (χ0n) is 9.91. The number of hydrogen-bond acceptors (Lipinski definition) is 2. The molecule has 0 spiro atoms. The van der Waals surface area contributed by atoms with Crippen molar-refractivity contribution in [2.75, 3.05) is 0 Å². The molecule has 0 atom stereocenters. The first-order chi connectivity index (χ1) is 7.94. The Balaban J connectivity index is 2.32. The summed E-state index contributed by atoms with van der Waals surface area (Å²) < 4.78 is 0. The van der Waals surface area contributed by atoms with Gasteiger partial charge in [-0.3, -0.25) is 4.79 Å². The summed E-state index contributed by atoms with van der Waals surface area (Å²) in [6, 6.07) is 5.25. The number of carboxylic acids is 1. The molecule has 4 heteroatoms. The van der Waals surface area contributed by atoms with Crippen LogP contribution < -0.4 is 5.32 Å². The minimum Gasteiger partial charge on any atom is -0.478 e. The van der Waals surface area contributed by atoms with E-state index in [9.17, 15) is 9.59 Å². The topological polar surface area (TPSA) is 66.4 Å². The van der Waals surface area contributed by atoms with Crippen molar-refractivity contribution in [1.29, 1.82) is 0 Å². The lowest BCUT2D eigenvalue weighted by Crippen LogP contribution is -2.33. The number of aromatic carboxylic acids is 1. The lowest BCUT2D eigenvalue weighted by atomic mass is 9.98. The van der Waals surface area contributed by atoms with Crippen molar-refractivity contribution in [3.05, 3.63) is 34.9 Å². The summed E-state index contributed by atoms with van der Waals surface area (Å²) in [4.78, 5) is 22.0. The quantitative estimate of drug-likeness (QED) is 0.836. The Bertz CT molecular complexity index is 489. The molecule has 0 bridgehead atoms. The van der Waals surface area contributed by atoms with Gasteiger partial charge in [-0.15, -0.1) is 0 Å². The third kappa shape index (κ3) is 2.16. The molecular weight excluding hydrogens is 218 g/mol. The number of hydrogen-bond donors (Lipinski definition) is 2.